The Morgan fingerprint density at radius 1 is 0.474 bits per heavy atom. The Hall–Kier alpha value is -0.700. The monoisotopic (exact) mass is 855 g/mol. The lowest BCUT2D eigenvalue weighted by Gasteiger charge is -2.25. The number of likely N-dealkylation sites (N-methyl/N-ethyl adjacent to an activating group) is 1. The molecular weight excluding hydrogens is 761 g/mol. The summed E-state index contributed by atoms with van der Waals surface area (Å²) in [6.07, 6.45) is 37.5. The summed E-state index contributed by atoms with van der Waals surface area (Å²) in [5.41, 5.74) is 0. The minimum Gasteiger partial charge on any atom is -0.462 e. The van der Waals surface area contributed by atoms with Gasteiger partial charge in [0.1, 0.15) is 19.8 Å². The molecule has 0 aliphatic rings. The van der Waals surface area contributed by atoms with Gasteiger partial charge in [-0.05, 0) is 19.8 Å². The normalized spacial score (nSPS) is 13.2. The number of carbonyl (C=O) groups is 2. The highest BCUT2D eigenvalue weighted by Gasteiger charge is 2.30. The molecule has 0 rings (SSSR count). The van der Waals surface area contributed by atoms with Crippen LogP contribution in [0.2, 0.25) is 0 Å². The third kappa shape index (κ3) is 43.2. The third-order valence-corrected chi connectivity index (χ3v) is 12.0. The van der Waals surface area contributed by atoms with E-state index in [9.17, 15) is 14.2 Å². The lowest BCUT2D eigenvalue weighted by atomic mass is 10.0. The van der Waals surface area contributed by atoms with Crippen molar-refractivity contribution in [2.45, 2.75) is 232 Å². The topological polar surface area (TPSA) is 97.4 Å². The number of ether oxygens (including phenoxy) is 2. The molecule has 0 aromatic carbocycles. The lowest BCUT2D eigenvalue weighted by molar-refractivity contribution is -0.870. The maximum atomic E-state index is 13.3. The van der Waals surface area contributed by atoms with Gasteiger partial charge in [-0.25, -0.2) is 4.57 Å². The summed E-state index contributed by atoms with van der Waals surface area (Å²) in [7, 11) is 2.14. The summed E-state index contributed by atoms with van der Waals surface area (Å²) in [6, 6.07) is 0. The van der Waals surface area contributed by atoms with E-state index in [4.69, 9.17) is 23.0 Å². The van der Waals surface area contributed by atoms with Crippen LogP contribution in [-0.2, 0) is 37.2 Å². The Morgan fingerprint density at radius 2 is 0.825 bits per heavy atom. The second-order valence-corrected chi connectivity index (χ2v) is 18.9. The molecule has 0 amide bonds. The van der Waals surface area contributed by atoms with Gasteiger partial charge in [0, 0.05) is 12.8 Å². The SMILES string of the molecule is CCCCCCCCCCCCCCCCCC(=O)OC[C@H](COP(=O)(OCC)OCC[N+](C)(C)C)OC(=O)CCCCCCCCCCCCCCCCC.Cl. The molecule has 0 aliphatic carbocycles. The van der Waals surface area contributed by atoms with E-state index in [2.05, 4.69) is 13.8 Å². The molecule has 0 bridgehead atoms. The van der Waals surface area contributed by atoms with Gasteiger partial charge in [-0.1, -0.05) is 194 Å². The molecule has 11 heteroatoms. The van der Waals surface area contributed by atoms with Crippen LogP contribution in [0.3, 0.4) is 0 Å². The van der Waals surface area contributed by atoms with Crippen molar-refractivity contribution in [2.75, 3.05) is 54.1 Å². The van der Waals surface area contributed by atoms with E-state index in [-0.39, 0.29) is 57.2 Å². The van der Waals surface area contributed by atoms with E-state index in [0.717, 1.165) is 38.5 Å². The molecule has 0 radical (unpaired) electrons. The zero-order chi connectivity index (χ0) is 41.4. The molecule has 0 saturated heterocycles. The summed E-state index contributed by atoms with van der Waals surface area (Å²) < 4.78 is 41.8. The Kier molecular flexibility index (Phi) is 43.0. The van der Waals surface area contributed by atoms with E-state index in [1.807, 2.05) is 21.1 Å². The largest absolute Gasteiger partial charge is 0.475 e. The zero-order valence-corrected chi connectivity index (χ0v) is 40.0. The highest BCUT2D eigenvalue weighted by Crippen LogP contribution is 2.49. The van der Waals surface area contributed by atoms with Crippen LogP contribution in [0, 0.1) is 0 Å². The number of unbranched alkanes of at least 4 members (excludes halogenated alkanes) is 28. The summed E-state index contributed by atoms with van der Waals surface area (Å²) in [5, 5.41) is 0. The standard InChI is InChI=1S/C46H93NO8P.ClH/c1-7-10-12-14-16-18-20-22-24-26-28-30-32-34-36-38-45(48)51-42-44(43-54-56(50,52-9-3)53-41-40-47(4,5)6)55-46(49)39-37-35-33-31-29-27-25-23-21-19-17-15-13-11-8-2;/h44H,7-43H2,1-6H3;1H/q+1;/t44-,56?;/m1./s1. The average Bonchev–Trinajstić information content (AvgIpc) is 3.15. The smallest absolute Gasteiger partial charge is 0.462 e. The van der Waals surface area contributed by atoms with Gasteiger partial charge in [-0.2, -0.15) is 0 Å². The zero-order valence-electron chi connectivity index (χ0n) is 38.3. The fourth-order valence-corrected chi connectivity index (χ4v) is 7.97. The van der Waals surface area contributed by atoms with Crippen molar-refractivity contribution in [3.8, 4) is 0 Å². The van der Waals surface area contributed by atoms with Crippen LogP contribution in [0.25, 0.3) is 0 Å². The van der Waals surface area contributed by atoms with Gasteiger partial charge in [0.15, 0.2) is 6.10 Å². The van der Waals surface area contributed by atoms with E-state index in [1.54, 1.807) is 6.92 Å². The van der Waals surface area contributed by atoms with Crippen LogP contribution in [-0.4, -0.2) is 76.6 Å². The second-order valence-electron chi connectivity index (χ2n) is 17.2. The van der Waals surface area contributed by atoms with E-state index >= 15 is 0 Å². The first kappa shape index (κ1) is 58.4. The molecule has 342 valence electrons. The Bertz CT molecular complexity index is 935. The Labute approximate surface area is 359 Å². The van der Waals surface area contributed by atoms with Crippen molar-refractivity contribution >= 4 is 32.2 Å². The van der Waals surface area contributed by atoms with Gasteiger partial charge in [0.2, 0.25) is 0 Å². The molecule has 0 heterocycles. The third-order valence-electron chi connectivity index (χ3n) is 10.4. The van der Waals surface area contributed by atoms with Crippen LogP contribution in [0.1, 0.15) is 226 Å². The molecule has 0 aliphatic heterocycles. The van der Waals surface area contributed by atoms with E-state index < -0.39 is 13.9 Å². The Morgan fingerprint density at radius 3 is 1.18 bits per heavy atom. The molecule has 57 heavy (non-hydrogen) atoms. The van der Waals surface area contributed by atoms with Gasteiger partial charge < -0.3 is 14.0 Å². The average molecular weight is 856 g/mol. The molecule has 1 unspecified atom stereocenters. The number of nitrogens with zero attached hydrogens (tertiary/aromatic N) is 1. The van der Waals surface area contributed by atoms with Gasteiger partial charge in [-0.15, -0.1) is 12.4 Å². The Balaban J connectivity index is 0. The molecule has 0 fully saturated rings. The highest BCUT2D eigenvalue weighted by molar-refractivity contribution is 7.48. The molecule has 0 N–H and O–H groups in total. The molecular formula is C46H94ClNO8P+. The number of halogens is 1. The second kappa shape index (κ2) is 42.0. The first-order valence-corrected chi connectivity index (χ1v) is 25.2. The number of phosphoric acid groups is 1. The molecule has 0 aromatic heterocycles. The summed E-state index contributed by atoms with van der Waals surface area (Å²) >= 11 is 0. The number of hydrogen-bond donors (Lipinski definition) is 0. The fourth-order valence-electron chi connectivity index (χ4n) is 6.77. The first-order valence-electron chi connectivity index (χ1n) is 23.7. The van der Waals surface area contributed by atoms with Crippen LogP contribution < -0.4 is 0 Å². The number of carbonyl (C=O) groups excluding carboxylic acids is 2. The number of esters is 2. The summed E-state index contributed by atoms with van der Waals surface area (Å²) in [4.78, 5) is 25.5. The molecule has 2 atom stereocenters. The maximum Gasteiger partial charge on any atom is 0.475 e. The van der Waals surface area contributed by atoms with Crippen molar-refractivity contribution in [2.24, 2.45) is 0 Å². The number of rotatable bonds is 44. The van der Waals surface area contributed by atoms with Crippen molar-refractivity contribution < 1.29 is 41.7 Å². The quantitative estimate of drug-likeness (QED) is 0.0259. The van der Waals surface area contributed by atoms with Crippen LogP contribution in [0.5, 0.6) is 0 Å². The molecule has 0 saturated carbocycles. The summed E-state index contributed by atoms with van der Waals surface area (Å²) in [6.45, 7) is 6.76. The van der Waals surface area contributed by atoms with Crippen LogP contribution in [0.15, 0.2) is 0 Å². The number of hydrogen-bond acceptors (Lipinski definition) is 8. The predicted octanol–water partition coefficient (Wildman–Crippen LogP) is 14.3. The van der Waals surface area contributed by atoms with Crippen molar-refractivity contribution in [1.82, 2.24) is 0 Å². The minimum absolute atomic E-state index is 0. The maximum absolute atomic E-state index is 13.3. The minimum atomic E-state index is -3.89. The lowest BCUT2D eigenvalue weighted by Crippen LogP contribution is -2.37. The van der Waals surface area contributed by atoms with Gasteiger partial charge in [-0.3, -0.25) is 23.2 Å². The number of phosphoric ester groups is 1. The molecule has 0 spiro atoms. The van der Waals surface area contributed by atoms with Gasteiger partial charge in [0.05, 0.1) is 34.4 Å². The number of quaternary nitrogens is 1. The highest BCUT2D eigenvalue weighted by atomic mass is 35.5. The summed E-state index contributed by atoms with van der Waals surface area (Å²) in [5.74, 6) is -0.695. The molecule has 0 aromatic rings. The van der Waals surface area contributed by atoms with Gasteiger partial charge >= 0.3 is 19.8 Å². The van der Waals surface area contributed by atoms with Crippen LogP contribution in [0.4, 0.5) is 0 Å². The van der Waals surface area contributed by atoms with E-state index in [0.29, 0.717) is 17.4 Å². The van der Waals surface area contributed by atoms with Gasteiger partial charge in [0.25, 0.3) is 0 Å². The fraction of sp³-hybridized carbons (Fsp3) is 0.957. The van der Waals surface area contributed by atoms with E-state index in [1.165, 1.54) is 154 Å². The van der Waals surface area contributed by atoms with Crippen LogP contribution >= 0.6 is 20.2 Å². The first-order chi connectivity index (χ1) is 27.0. The molecule has 9 nitrogen and oxygen atoms in total. The van der Waals surface area contributed by atoms with Crippen molar-refractivity contribution in [3.05, 3.63) is 0 Å². The predicted molar refractivity (Wildman–Crippen MR) is 241 cm³/mol. The van der Waals surface area contributed by atoms with Crippen molar-refractivity contribution in [3.63, 3.8) is 0 Å². The van der Waals surface area contributed by atoms with Crippen molar-refractivity contribution in [1.29, 1.82) is 0 Å².